The fourth-order valence-corrected chi connectivity index (χ4v) is 0.654. The first-order valence-electron chi connectivity index (χ1n) is 6.06. The number of rotatable bonds is 4. The predicted octanol–water partition coefficient (Wildman–Crippen LogP) is 0.0630. The van der Waals surface area contributed by atoms with Gasteiger partial charge in [-0.1, -0.05) is 12.1 Å². The summed E-state index contributed by atoms with van der Waals surface area (Å²) < 4.78 is 0. The first kappa shape index (κ1) is 26.9. The second-order valence-electron chi connectivity index (χ2n) is 3.37. The number of carbonyl (C=O) groups is 3. The standard InChI is InChI=1S/C7H6O3.2C2H4O2S.C2H6O2/c8-6-4-2-1-3-5(6)7(9)10;2*3-2(4)1-5;3-1-2-4/h1-4,8H,(H,9,10);2*5H,1H2,(H,3,4);3-4H,1-2H2. The fraction of sp³-hybridized carbons (Fsp3) is 0.308. The molecule has 6 N–H and O–H groups in total. The van der Waals surface area contributed by atoms with Crippen LogP contribution >= 0.6 is 25.3 Å². The van der Waals surface area contributed by atoms with Crippen molar-refractivity contribution in [3.63, 3.8) is 0 Å². The van der Waals surface area contributed by atoms with Crippen LogP contribution in [0.3, 0.4) is 0 Å². The third-order valence-corrected chi connectivity index (χ3v) is 2.05. The van der Waals surface area contributed by atoms with Crippen molar-refractivity contribution in [2.24, 2.45) is 0 Å². The predicted molar refractivity (Wildman–Crippen MR) is 92.2 cm³/mol. The molecule has 0 radical (unpaired) electrons. The Hall–Kier alpha value is -1.95. The quantitative estimate of drug-likeness (QED) is 0.334. The van der Waals surface area contributed by atoms with Crippen LogP contribution in [0.4, 0.5) is 0 Å². The minimum atomic E-state index is -1.11. The summed E-state index contributed by atoms with van der Waals surface area (Å²) in [6.07, 6.45) is 0. The molecular weight excluding hydrogens is 364 g/mol. The van der Waals surface area contributed by atoms with Crippen molar-refractivity contribution in [2.75, 3.05) is 24.7 Å². The Bertz CT molecular complexity index is 464. The Balaban J connectivity index is -0.000000270. The van der Waals surface area contributed by atoms with Crippen LogP contribution in [0.15, 0.2) is 24.3 Å². The lowest BCUT2D eigenvalue weighted by Gasteiger charge is -1.95. The Labute approximate surface area is 149 Å². The third kappa shape index (κ3) is 22.3. The zero-order valence-corrected chi connectivity index (χ0v) is 14.2. The average Bonchev–Trinajstić information content (AvgIpc) is 2.56. The molecule has 138 valence electrons. The molecule has 0 aliphatic heterocycles. The van der Waals surface area contributed by atoms with E-state index < -0.39 is 17.9 Å². The minimum absolute atomic E-state index is 0.0671. The molecule has 1 aromatic rings. The molecule has 0 saturated carbocycles. The van der Waals surface area contributed by atoms with Crippen LogP contribution in [0.25, 0.3) is 0 Å². The number of aromatic carboxylic acids is 1. The number of aliphatic hydroxyl groups excluding tert-OH is 2. The second kappa shape index (κ2) is 19.1. The normalized spacial score (nSPS) is 8.17. The van der Waals surface area contributed by atoms with Crippen molar-refractivity contribution in [3.05, 3.63) is 29.8 Å². The number of hydrogen-bond donors (Lipinski definition) is 8. The summed E-state index contributed by atoms with van der Waals surface area (Å²) in [7, 11) is 0. The third-order valence-electron chi connectivity index (χ3n) is 1.50. The number of thiol groups is 2. The first-order valence-corrected chi connectivity index (χ1v) is 7.32. The summed E-state index contributed by atoms with van der Waals surface area (Å²) in [4.78, 5) is 28.8. The molecule has 1 aromatic carbocycles. The highest BCUT2D eigenvalue weighted by atomic mass is 32.1. The van der Waals surface area contributed by atoms with E-state index in [-0.39, 0.29) is 36.0 Å². The van der Waals surface area contributed by atoms with Gasteiger partial charge in [0, 0.05) is 0 Å². The van der Waals surface area contributed by atoms with E-state index in [4.69, 9.17) is 30.6 Å². The number of carboxylic acids is 3. The number of para-hydroxylation sites is 1. The molecule has 0 amide bonds. The van der Waals surface area contributed by atoms with Gasteiger partial charge in [0.2, 0.25) is 0 Å². The summed E-state index contributed by atoms with van der Waals surface area (Å²) in [5.74, 6) is -3.24. The van der Waals surface area contributed by atoms with E-state index in [0.29, 0.717) is 0 Å². The molecule has 0 saturated heterocycles. The van der Waals surface area contributed by atoms with Gasteiger partial charge in [-0.25, -0.2) is 4.79 Å². The highest BCUT2D eigenvalue weighted by Gasteiger charge is 2.05. The van der Waals surface area contributed by atoms with E-state index in [1.165, 1.54) is 12.1 Å². The summed E-state index contributed by atoms with van der Waals surface area (Å²) in [6.45, 7) is -0.250. The number of carboxylic acid groups (broad SMARTS) is 3. The van der Waals surface area contributed by atoms with Crippen LogP contribution in [0.1, 0.15) is 10.4 Å². The zero-order chi connectivity index (χ0) is 19.5. The Morgan fingerprint density at radius 1 is 0.833 bits per heavy atom. The van der Waals surface area contributed by atoms with Crippen LogP contribution < -0.4 is 0 Å². The fourth-order valence-electron chi connectivity index (χ4n) is 0.654. The number of phenols is 1. The smallest absolute Gasteiger partial charge is 0.339 e. The summed E-state index contributed by atoms with van der Waals surface area (Å²) >= 11 is 6.83. The van der Waals surface area contributed by atoms with Gasteiger partial charge in [0.1, 0.15) is 11.3 Å². The molecule has 1 rings (SSSR count). The summed E-state index contributed by atoms with van der Waals surface area (Å²) in [6, 6.07) is 5.81. The summed E-state index contributed by atoms with van der Waals surface area (Å²) in [5, 5.41) is 47.8. The SMILES string of the molecule is O=C(O)CS.O=C(O)CS.O=C(O)c1ccccc1O.OCCO. The molecule has 0 aliphatic carbocycles. The second-order valence-corrected chi connectivity index (χ2v) is 4.01. The van der Waals surface area contributed by atoms with Gasteiger partial charge in [0.05, 0.1) is 24.7 Å². The van der Waals surface area contributed by atoms with Crippen molar-refractivity contribution >= 4 is 43.2 Å². The van der Waals surface area contributed by atoms with Crippen LogP contribution in [0.2, 0.25) is 0 Å². The molecule has 0 bridgehead atoms. The van der Waals surface area contributed by atoms with E-state index in [2.05, 4.69) is 25.3 Å². The van der Waals surface area contributed by atoms with E-state index >= 15 is 0 Å². The van der Waals surface area contributed by atoms with Gasteiger partial charge in [-0.05, 0) is 12.1 Å². The molecule has 11 heteroatoms. The van der Waals surface area contributed by atoms with Crippen molar-refractivity contribution in [1.82, 2.24) is 0 Å². The average molecular weight is 384 g/mol. The number of aliphatic carboxylic acids is 2. The van der Waals surface area contributed by atoms with Gasteiger partial charge in [-0.15, -0.1) is 0 Å². The maximum Gasteiger partial charge on any atom is 0.339 e. The molecule has 24 heavy (non-hydrogen) atoms. The monoisotopic (exact) mass is 384 g/mol. The van der Waals surface area contributed by atoms with Crippen molar-refractivity contribution in [1.29, 1.82) is 0 Å². The number of hydrogen-bond acceptors (Lipinski definition) is 8. The van der Waals surface area contributed by atoms with Crippen molar-refractivity contribution in [2.45, 2.75) is 0 Å². The van der Waals surface area contributed by atoms with E-state index in [1.807, 2.05) is 0 Å². The van der Waals surface area contributed by atoms with Gasteiger partial charge >= 0.3 is 17.9 Å². The molecule has 0 spiro atoms. The molecule has 0 atom stereocenters. The highest BCUT2D eigenvalue weighted by molar-refractivity contribution is 7.81. The molecule has 0 aliphatic rings. The van der Waals surface area contributed by atoms with Crippen LogP contribution in [0, 0.1) is 0 Å². The maximum absolute atomic E-state index is 10.3. The Morgan fingerprint density at radius 3 is 1.33 bits per heavy atom. The lowest BCUT2D eigenvalue weighted by atomic mass is 10.2. The van der Waals surface area contributed by atoms with Gasteiger partial charge < -0.3 is 30.6 Å². The molecule has 0 aromatic heterocycles. The lowest BCUT2D eigenvalue weighted by Crippen LogP contribution is -1.95. The molecule has 0 unspecified atom stereocenters. The van der Waals surface area contributed by atoms with Gasteiger partial charge in [-0.3, -0.25) is 9.59 Å². The van der Waals surface area contributed by atoms with Crippen LogP contribution in [-0.4, -0.2) is 73.3 Å². The Morgan fingerprint density at radius 2 is 1.17 bits per heavy atom. The molecule has 0 fully saturated rings. The largest absolute Gasteiger partial charge is 0.507 e. The van der Waals surface area contributed by atoms with Gasteiger partial charge in [-0.2, -0.15) is 25.3 Å². The van der Waals surface area contributed by atoms with Crippen molar-refractivity contribution < 1.29 is 45.0 Å². The van der Waals surface area contributed by atoms with Crippen LogP contribution in [-0.2, 0) is 9.59 Å². The minimum Gasteiger partial charge on any atom is -0.507 e. The van der Waals surface area contributed by atoms with E-state index in [9.17, 15) is 14.4 Å². The maximum atomic E-state index is 10.3. The zero-order valence-electron chi connectivity index (χ0n) is 12.4. The number of aromatic hydroxyl groups is 1. The van der Waals surface area contributed by atoms with Crippen LogP contribution in [0.5, 0.6) is 5.75 Å². The molecule has 9 nitrogen and oxygen atoms in total. The lowest BCUT2D eigenvalue weighted by molar-refractivity contribution is -0.134. The van der Waals surface area contributed by atoms with Gasteiger partial charge in [0.25, 0.3) is 0 Å². The Kier molecular flexibility index (Phi) is 21.4. The van der Waals surface area contributed by atoms with Gasteiger partial charge in [0.15, 0.2) is 0 Å². The molecular formula is C13H20O9S2. The molecule has 0 heterocycles. The van der Waals surface area contributed by atoms with E-state index in [0.717, 1.165) is 0 Å². The van der Waals surface area contributed by atoms with Crippen molar-refractivity contribution in [3.8, 4) is 5.75 Å². The van der Waals surface area contributed by atoms with E-state index in [1.54, 1.807) is 12.1 Å². The number of aliphatic hydroxyl groups is 2. The summed E-state index contributed by atoms with van der Waals surface area (Å²) in [5.41, 5.74) is -0.0671. The first-order chi connectivity index (χ1) is 11.2. The highest BCUT2D eigenvalue weighted by Crippen LogP contribution is 2.14. The topological polar surface area (TPSA) is 173 Å². The number of benzene rings is 1.